The Morgan fingerprint density at radius 2 is 2.06 bits per heavy atom. The van der Waals surface area contributed by atoms with Crippen LogP contribution in [0, 0.1) is 12.7 Å². The molecule has 96 valence electrons. The first-order valence-electron chi connectivity index (χ1n) is 5.71. The van der Waals surface area contributed by atoms with Gasteiger partial charge in [-0.3, -0.25) is 0 Å². The second kappa shape index (κ2) is 4.72. The maximum atomic E-state index is 13.3. The molecule has 0 atom stereocenters. The maximum Gasteiger partial charge on any atom is 0.132 e. The van der Waals surface area contributed by atoms with Crippen LogP contribution < -0.4 is 5.73 Å². The number of imidazole rings is 1. The zero-order valence-electron chi connectivity index (χ0n) is 10.5. The summed E-state index contributed by atoms with van der Waals surface area (Å²) in [6.45, 7) is 5.97. The number of hydrogen-bond donors (Lipinski definition) is 1. The Hall–Kier alpha value is -1.36. The molecule has 0 aliphatic rings. The number of nitrogens with zero attached hydrogens (tertiary/aromatic N) is 2. The van der Waals surface area contributed by atoms with Crippen molar-refractivity contribution in [3.63, 3.8) is 0 Å². The van der Waals surface area contributed by atoms with Gasteiger partial charge in [-0.25, -0.2) is 9.37 Å². The summed E-state index contributed by atoms with van der Waals surface area (Å²) in [4.78, 5) is 4.44. The van der Waals surface area contributed by atoms with E-state index in [1.54, 1.807) is 6.07 Å². The summed E-state index contributed by atoms with van der Waals surface area (Å²) in [6, 6.07) is 4.72. The predicted octanol–water partition coefficient (Wildman–Crippen LogP) is 3.92. The Morgan fingerprint density at radius 1 is 1.39 bits per heavy atom. The first kappa shape index (κ1) is 13.1. The minimum Gasteiger partial charge on any atom is -0.383 e. The molecule has 0 saturated heterocycles. The van der Waals surface area contributed by atoms with Crippen LogP contribution in [0.2, 0.25) is 0 Å². The third kappa shape index (κ3) is 2.14. The second-order valence-electron chi connectivity index (χ2n) is 4.48. The number of halogens is 2. The number of hydrogen-bond acceptors (Lipinski definition) is 2. The number of benzene rings is 1. The molecule has 2 aromatic rings. The largest absolute Gasteiger partial charge is 0.383 e. The lowest BCUT2D eigenvalue weighted by Gasteiger charge is -2.11. The fourth-order valence-electron chi connectivity index (χ4n) is 2.09. The van der Waals surface area contributed by atoms with Gasteiger partial charge >= 0.3 is 0 Å². The molecule has 0 spiro atoms. The Balaban J connectivity index is 2.65. The smallest absolute Gasteiger partial charge is 0.132 e. The standard InChI is InChI=1S/C13H15BrFN3/c1-7(2)18-8(3)17-12(13(18)16)10-6-9(15)4-5-11(10)14/h4-7H,16H2,1-3H3. The second-order valence-corrected chi connectivity index (χ2v) is 5.34. The highest BCUT2D eigenvalue weighted by atomic mass is 79.9. The molecule has 2 rings (SSSR count). The molecule has 5 heteroatoms. The van der Waals surface area contributed by atoms with Crippen LogP contribution in [-0.4, -0.2) is 9.55 Å². The van der Waals surface area contributed by atoms with Gasteiger partial charge in [0, 0.05) is 16.1 Å². The zero-order chi connectivity index (χ0) is 13.4. The molecule has 1 aromatic heterocycles. The van der Waals surface area contributed by atoms with Gasteiger partial charge < -0.3 is 10.3 Å². The lowest BCUT2D eigenvalue weighted by Crippen LogP contribution is -2.07. The highest BCUT2D eigenvalue weighted by molar-refractivity contribution is 9.10. The van der Waals surface area contributed by atoms with Gasteiger partial charge in [0.05, 0.1) is 0 Å². The molecular formula is C13H15BrFN3. The Bertz CT molecular complexity index is 590. The van der Waals surface area contributed by atoms with Gasteiger partial charge in [-0.15, -0.1) is 0 Å². The molecule has 2 N–H and O–H groups in total. The molecule has 18 heavy (non-hydrogen) atoms. The molecule has 0 unspecified atom stereocenters. The molecule has 0 aliphatic carbocycles. The molecule has 0 aliphatic heterocycles. The van der Waals surface area contributed by atoms with Gasteiger partial charge in [-0.1, -0.05) is 15.9 Å². The lowest BCUT2D eigenvalue weighted by molar-refractivity contribution is 0.590. The van der Waals surface area contributed by atoms with Crippen molar-refractivity contribution in [2.45, 2.75) is 26.8 Å². The van der Waals surface area contributed by atoms with Crippen LogP contribution in [0.15, 0.2) is 22.7 Å². The van der Waals surface area contributed by atoms with E-state index in [0.717, 1.165) is 10.3 Å². The topological polar surface area (TPSA) is 43.8 Å². The highest BCUT2D eigenvalue weighted by Gasteiger charge is 2.17. The van der Waals surface area contributed by atoms with Crippen molar-refractivity contribution in [1.29, 1.82) is 0 Å². The van der Waals surface area contributed by atoms with Gasteiger partial charge in [0.1, 0.15) is 23.2 Å². The third-order valence-electron chi connectivity index (χ3n) is 2.82. The van der Waals surface area contributed by atoms with Crippen LogP contribution in [0.1, 0.15) is 25.7 Å². The zero-order valence-corrected chi connectivity index (χ0v) is 12.1. The Morgan fingerprint density at radius 3 is 2.61 bits per heavy atom. The quantitative estimate of drug-likeness (QED) is 0.913. The van der Waals surface area contributed by atoms with E-state index in [-0.39, 0.29) is 11.9 Å². The van der Waals surface area contributed by atoms with Crippen LogP contribution >= 0.6 is 15.9 Å². The fourth-order valence-corrected chi connectivity index (χ4v) is 2.52. The summed E-state index contributed by atoms with van der Waals surface area (Å²) in [7, 11) is 0. The first-order valence-corrected chi connectivity index (χ1v) is 6.50. The summed E-state index contributed by atoms with van der Waals surface area (Å²) >= 11 is 3.40. The monoisotopic (exact) mass is 311 g/mol. The van der Waals surface area contributed by atoms with E-state index in [0.29, 0.717) is 17.1 Å². The van der Waals surface area contributed by atoms with Crippen LogP contribution in [0.5, 0.6) is 0 Å². The number of aryl methyl sites for hydroxylation is 1. The Kier molecular flexibility index (Phi) is 3.43. The van der Waals surface area contributed by atoms with Crippen molar-refractivity contribution >= 4 is 21.7 Å². The molecule has 0 saturated carbocycles. The number of rotatable bonds is 2. The number of aromatic nitrogens is 2. The first-order chi connectivity index (χ1) is 8.41. The van der Waals surface area contributed by atoms with Gasteiger partial charge in [-0.05, 0) is 39.0 Å². The maximum absolute atomic E-state index is 13.3. The van der Waals surface area contributed by atoms with Crippen molar-refractivity contribution in [2.75, 3.05) is 5.73 Å². The van der Waals surface area contributed by atoms with Gasteiger partial charge in [0.15, 0.2) is 0 Å². The number of nitrogen functional groups attached to an aromatic ring is 1. The number of anilines is 1. The fraction of sp³-hybridized carbons (Fsp3) is 0.308. The van der Waals surface area contributed by atoms with Crippen molar-refractivity contribution < 1.29 is 4.39 Å². The molecule has 0 radical (unpaired) electrons. The van der Waals surface area contributed by atoms with E-state index in [4.69, 9.17) is 5.73 Å². The van der Waals surface area contributed by atoms with Crippen LogP contribution in [0.4, 0.5) is 10.2 Å². The summed E-state index contributed by atoms with van der Waals surface area (Å²) in [6.07, 6.45) is 0. The van der Waals surface area contributed by atoms with Gasteiger partial charge in [-0.2, -0.15) is 0 Å². The van der Waals surface area contributed by atoms with E-state index < -0.39 is 0 Å². The molecule has 0 bridgehead atoms. The van der Waals surface area contributed by atoms with Crippen molar-refractivity contribution in [3.8, 4) is 11.3 Å². The summed E-state index contributed by atoms with van der Waals surface area (Å²) in [5.74, 6) is 1.09. The normalized spacial score (nSPS) is 11.2. The van der Waals surface area contributed by atoms with E-state index in [1.807, 2.05) is 25.3 Å². The van der Waals surface area contributed by atoms with E-state index in [9.17, 15) is 4.39 Å². The molecule has 3 nitrogen and oxygen atoms in total. The van der Waals surface area contributed by atoms with Crippen LogP contribution in [0.25, 0.3) is 11.3 Å². The van der Waals surface area contributed by atoms with Crippen molar-refractivity contribution in [1.82, 2.24) is 9.55 Å². The molecule has 1 heterocycles. The molecule has 0 amide bonds. The van der Waals surface area contributed by atoms with Gasteiger partial charge in [0.25, 0.3) is 0 Å². The van der Waals surface area contributed by atoms with Crippen LogP contribution in [-0.2, 0) is 0 Å². The lowest BCUT2D eigenvalue weighted by atomic mass is 10.1. The minimum atomic E-state index is -0.302. The Labute approximate surface area is 114 Å². The average Bonchev–Trinajstić information content (AvgIpc) is 2.57. The van der Waals surface area contributed by atoms with Crippen LogP contribution in [0.3, 0.4) is 0 Å². The number of nitrogens with two attached hydrogens (primary N) is 1. The SMILES string of the molecule is Cc1nc(-c2cc(F)ccc2Br)c(N)n1C(C)C. The average molecular weight is 312 g/mol. The highest BCUT2D eigenvalue weighted by Crippen LogP contribution is 2.34. The van der Waals surface area contributed by atoms with E-state index in [1.165, 1.54) is 12.1 Å². The van der Waals surface area contributed by atoms with E-state index in [2.05, 4.69) is 20.9 Å². The summed E-state index contributed by atoms with van der Waals surface area (Å²) in [5.41, 5.74) is 7.41. The third-order valence-corrected chi connectivity index (χ3v) is 3.52. The molecular weight excluding hydrogens is 297 g/mol. The van der Waals surface area contributed by atoms with Crippen molar-refractivity contribution in [3.05, 3.63) is 34.3 Å². The minimum absolute atomic E-state index is 0.221. The summed E-state index contributed by atoms with van der Waals surface area (Å²) in [5, 5.41) is 0. The van der Waals surface area contributed by atoms with Crippen molar-refractivity contribution in [2.24, 2.45) is 0 Å². The molecule has 1 aromatic carbocycles. The summed E-state index contributed by atoms with van der Waals surface area (Å²) < 4.78 is 16.1. The predicted molar refractivity (Wildman–Crippen MR) is 74.9 cm³/mol. The van der Waals surface area contributed by atoms with E-state index >= 15 is 0 Å². The molecule has 0 fully saturated rings. The van der Waals surface area contributed by atoms with Gasteiger partial charge in [0.2, 0.25) is 0 Å².